The molecular weight excluding hydrogens is 412 g/mol. The Labute approximate surface area is 174 Å². The number of benzene rings is 1. The van der Waals surface area contributed by atoms with Gasteiger partial charge in [-0.3, -0.25) is 9.36 Å². The molecule has 0 unspecified atom stereocenters. The summed E-state index contributed by atoms with van der Waals surface area (Å²) in [5.41, 5.74) is 0.0336. The van der Waals surface area contributed by atoms with E-state index in [0.717, 1.165) is 6.07 Å². The lowest BCUT2D eigenvalue weighted by atomic mass is 9.97. The van der Waals surface area contributed by atoms with Crippen LogP contribution in [0.25, 0.3) is 5.70 Å². The molecule has 1 aromatic heterocycles. The maximum Gasteiger partial charge on any atom is 0.294 e. The smallest absolute Gasteiger partial charge is 0.294 e. The zero-order valence-electron chi connectivity index (χ0n) is 16.4. The molecule has 31 heavy (non-hydrogen) atoms. The molecule has 0 fully saturated rings. The summed E-state index contributed by atoms with van der Waals surface area (Å²) >= 11 is 0. The average Bonchev–Trinajstić information content (AvgIpc) is 2.69. The zero-order chi connectivity index (χ0) is 22.8. The minimum Gasteiger partial charge on any atom is -0.483 e. The monoisotopic (exact) mass is 428 g/mol. The predicted octanol–water partition coefficient (Wildman–Crippen LogP) is 2.20. The van der Waals surface area contributed by atoms with Gasteiger partial charge < -0.3 is 14.4 Å². The molecular formula is C19H16N4O8. The number of aromatic nitrogens is 1. The number of nitriles is 1. The van der Waals surface area contributed by atoms with Crippen LogP contribution in [-0.2, 0) is 22.9 Å². The lowest BCUT2D eigenvalue weighted by Crippen LogP contribution is -2.32. The van der Waals surface area contributed by atoms with E-state index in [1.165, 1.54) is 10.8 Å². The van der Waals surface area contributed by atoms with Crippen molar-refractivity contribution in [3.63, 3.8) is 0 Å². The third-order valence-corrected chi connectivity index (χ3v) is 4.38. The molecule has 0 radical (unpaired) electrons. The second-order valence-electron chi connectivity index (χ2n) is 7.08. The normalized spacial score (nSPS) is 13.8. The van der Waals surface area contributed by atoms with Crippen molar-refractivity contribution >= 4 is 5.70 Å². The van der Waals surface area contributed by atoms with Gasteiger partial charge in [0.2, 0.25) is 0 Å². The highest BCUT2D eigenvalue weighted by Gasteiger charge is 2.28. The van der Waals surface area contributed by atoms with Gasteiger partial charge in [0, 0.05) is 17.8 Å². The number of nitrogens with zero attached hydrogens (tertiary/aromatic N) is 4. The summed E-state index contributed by atoms with van der Waals surface area (Å²) in [4.78, 5) is 42.7. The van der Waals surface area contributed by atoms with Crippen molar-refractivity contribution in [2.75, 3.05) is 0 Å². The van der Waals surface area contributed by atoms with E-state index in [9.17, 15) is 30.3 Å². The molecule has 1 aliphatic rings. The fraction of sp³-hybridized carbons (Fsp3) is 0.263. The molecule has 0 saturated heterocycles. The molecule has 0 bridgehead atoms. The third kappa shape index (κ3) is 4.78. The van der Waals surface area contributed by atoms with Crippen LogP contribution in [0.1, 0.15) is 36.1 Å². The molecule has 2 aromatic rings. The van der Waals surface area contributed by atoms with Gasteiger partial charge in [0.25, 0.3) is 15.7 Å². The fourth-order valence-electron chi connectivity index (χ4n) is 3.12. The van der Waals surface area contributed by atoms with Gasteiger partial charge in [-0.1, -0.05) is 0 Å². The summed E-state index contributed by atoms with van der Waals surface area (Å²) in [5.74, 6) is 0.442. The average molecular weight is 428 g/mol. The molecule has 0 N–H and O–H groups in total. The van der Waals surface area contributed by atoms with Gasteiger partial charge in [0.15, 0.2) is 0 Å². The summed E-state index contributed by atoms with van der Waals surface area (Å²) in [6.45, 7) is 2.41. The SMILES string of the molecule is CC1(C)C=C(n2cc(CO[N+](=O)[O-])c(CO[N+](=O)[O-])cc2=O)c2cc(C#N)ccc2O1. The highest BCUT2D eigenvalue weighted by molar-refractivity contribution is 5.74. The Morgan fingerprint density at radius 2 is 1.77 bits per heavy atom. The van der Waals surface area contributed by atoms with Crippen LogP contribution in [0.3, 0.4) is 0 Å². The van der Waals surface area contributed by atoms with Crippen molar-refractivity contribution in [1.82, 2.24) is 4.57 Å². The second kappa shape index (κ2) is 8.15. The summed E-state index contributed by atoms with van der Waals surface area (Å²) in [7, 11) is 0. The maximum atomic E-state index is 12.9. The first-order chi connectivity index (χ1) is 14.6. The number of hydrogen-bond donors (Lipinski definition) is 0. The molecule has 0 atom stereocenters. The van der Waals surface area contributed by atoms with E-state index in [2.05, 4.69) is 9.68 Å². The number of hydrogen-bond acceptors (Lipinski definition) is 9. The lowest BCUT2D eigenvalue weighted by Gasteiger charge is -2.31. The van der Waals surface area contributed by atoms with Crippen molar-refractivity contribution in [2.24, 2.45) is 0 Å². The highest BCUT2D eigenvalue weighted by atomic mass is 17.0. The molecule has 0 amide bonds. The van der Waals surface area contributed by atoms with Gasteiger partial charge in [-0.15, -0.1) is 20.2 Å². The third-order valence-electron chi connectivity index (χ3n) is 4.38. The van der Waals surface area contributed by atoms with E-state index < -0.39 is 34.5 Å². The molecule has 0 aliphatic carbocycles. The van der Waals surface area contributed by atoms with E-state index in [-0.39, 0.29) is 11.1 Å². The first-order valence-electron chi connectivity index (χ1n) is 8.85. The number of pyridine rings is 1. The van der Waals surface area contributed by atoms with Crippen molar-refractivity contribution in [3.8, 4) is 11.8 Å². The quantitative estimate of drug-likeness (QED) is 0.475. The van der Waals surface area contributed by atoms with E-state index in [1.54, 1.807) is 38.1 Å². The molecule has 12 heteroatoms. The molecule has 160 valence electrons. The number of ether oxygens (including phenoxy) is 1. The Bertz CT molecular complexity index is 1190. The van der Waals surface area contributed by atoms with E-state index >= 15 is 0 Å². The largest absolute Gasteiger partial charge is 0.483 e. The summed E-state index contributed by atoms with van der Waals surface area (Å²) < 4.78 is 7.12. The van der Waals surface area contributed by atoms with Crippen LogP contribution in [0, 0.1) is 31.6 Å². The van der Waals surface area contributed by atoms with Crippen LogP contribution in [-0.4, -0.2) is 20.3 Å². The fourth-order valence-corrected chi connectivity index (χ4v) is 3.12. The first kappa shape index (κ1) is 21.3. The van der Waals surface area contributed by atoms with Crippen molar-refractivity contribution < 1.29 is 24.6 Å². The van der Waals surface area contributed by atoms with Gasteiger partial charge in [0.1, 0.15) is 24.6 Å². The molecule has 1 aromatic carbocycles. The van der Waals surface area contributed by atoms with Crippen molar-refractivity contribution in [1.29, 1.82) is 5.26 Å². The Morgan fingerprint density at radius 3 is 2.39 bits per heavy atom. The summed E-state index contributed by atoms with van der Waals surface area (Å²) in [6, 6.07) is 7.85. The Hall–Kier alpha value is -4.40. The Balaban J connectivity index is 2.17. The number of fused-ring (bicyclic) bond motifs is 1. The van der Waals surface area contributed by atoms with Crippen LogP contribution in [0.4, 0.5) is 0 Å². The van der Waals surface area contributed by atoms with E-state index in [1.807, 2.05) is 6.07 Å². The van der Waals surface area contributed by atoms with Crippen LogP contribution in [0.15, 0.2) is 41.3 Å². The Kier molecular flexibility index (Phi) is 5.60. The number of rotatable bonds is 7. The van der Waals surface area contributed by atoms with E-state index in [4.69, 9.17) is 4.74 Å². The lowest BCUT2D eigenvalue weighted by molar-refractivity contribution is -0.764. The summed E-state index contributed by atoms with van der Waals surface area (Å²) in [5, 5.41) is 28.4. The Morgan fingerprint density at radius 1 is 1.13 bits per heavy atom. The molecule has 2 heterocycles. The molecule has 3 rings (SSSR count). The molecule has 12 nitrogen and oxygen atoms in total. The van der Waals surface area contributed by atoms with E-state index in [0.29, 0.717) is 22.6 Å². The second-order valence-corrected chi connectivity index (χ2v) is 7.08. The highest BCUT2D eigenvalue weighted by Crippen LogP contribution is 2.37. The standard InChI is InChI=1S/C19H16N4O8/c1-19(2)7-16(15-5-12(8-20)3-4-17(15)31-19)21-9-14(11-30-23(27)28)13(6-18(21)24)10-29-22(25)26/h3-7,9H,10-11H2,1-2H3. The van der Waals surface area contributed by atoms with Crippen LogP contribution in [0.5, 0.6) is 5.75 Å². The summed E-state index contributed by atoms with van der Waals surface area (Å²) in [6.07, 6.45) is 2.96. The molecule has 0 saturated carbocycles. The van der Waals surface area contributed by atoms with Crippen molar-refractivity contribution in [2.45, 2.75) is 32.7 Å². The van der Waals surface area contributed by atoms with Gasteiger partial charge in [-0.2, -0.15) is 5.26 Å². The van der Waals surface area contributed by atoms with Crippen LogP contribution >= 0.6 is 0 Å². The van der Waals surface area contributed by atoms with Gasteiger partial charge in [-0.25, -0.2) is 0 Å². The molecule has 1 aliphatic heterocycles. The van der Waals surface area contributed by atoms with Crippen LogP contribution < -0.4 is 10.3 Å². The van der Waals surface area contributed by atoms with Gasteiger partial charge >= 0.3 is 0 Å². The maximum absolute atomic E-state index is 12.9. The minimum absolute atomic E-state index is 0.0673. The van der Waals surface area contributed by atoms with Crippen LogP contribution in [0.2, 0.25) is 0 Å². The predicted molar refractivity (Wildman–Crippen MR) is 104 cm³/mol. The zero-order valence-corrected chi connectivity index (χ0v) is 16.4. The first-order valence-corrected chi connectivity index (χ1v) is 8.85. The van der Waals surface area contributed by atoms with Gasteiger partial charge in [-0.05, 0) is 49.2 Å². The van der Waals surface area contributed by atoms with Crippen molar-refractivity contribution in [3.05, 3.63) is 89.4 Å². The topological polar surface area (TPSA) is 160 Å². The minimum atomic E-state index is -1.03. The molecule has 0 spiro atoms. The van der Waals surface area contributed by atoms with Gasteiger partial charge in [0.05, 0.1) is 17.3 Å².